The van der Waals surface area contributed by atoms with Crippen LogP contribution in [-0.2, 0) is 22.6 Å². The lowest BCUT2D eigenvalue weighted by molar-refractivity contribution is -0.127. The molecule has 1 aliphatic rings. The molecule has 7 heteroatoms. The molecule has 1 heterocycles. The molecule has 6 nitrogen and oxygen atoms in total. The van der Waals surface area contributed by atoms with Crippen molar-refractivity contribution in [3.05, 3.63) is 53.9 Å². The van der Waals surface area contributed by atoms with Gasteiger partial charge in [0.25, 0.3) is 0 Å². The summed E-state index contributed by atoms with van der Waals surface area (Å²) in [5, 5.41) is 7.36. The number of amides is 1. The smallest absolute Gasteiger partial charge is 0.223 e. The van der Waals surface area contributed by atoms with Gasteiger partial charge in [-0.2, -0.15) is 5.10 Å². The molecule has 1 amide bonds. The lowest BCUT2D eigenvalue weighted by atomic mass is 9.83. The van der Waals surface area contributed by atoms with E-state index in [0.29, 0.717) is 19.5 Å². The van der Waals surface area contributed by atoms with Gasteiger partial charge in [0.2, 0.25) is 5.91 Å². The van der Waals surface area contributed by atoms with Crippen LogP contribution in [0.5, 0.6) is 0 Å². The highest BCUT2D eigenvalue weighted by Crippen LogP contribution is 2.26. The number of aromatic nitrogens is 2. The first-order valence-electron chi connectivity index (χ1n) is 9.86. The molecule has 0 bridgehead atoms. The number of carbonyl (C=O) groups is 1. The number of nitrogens with one attached hydrogen (secondary N) is 1. The van der Waals surface area contributed by atoms with Gasteiger partial charge in [0, 0.05) is 37.5 Å². The second-order valence-electron chi connectivity index (χ2n) is 7.27. The molecule has 1 fully saturated rings. The van der Waals surface area contributed by atoms with E-state index in [2.05, 4.69) is 29.5 Å². The molecule has 0 spiro atoms. The zero-order chi connectivity index (χ0) is 19.1. The van der Waals surface area contributed by atoms with E-state index in [1.54, 1.807) is 6.20 Å². The molecule has 1 aliphatic carbocycles. The van der Waals surface area contributed by atoms with Crippen LogP contribution in [0.4, 0.5) is 0 Å². The monoisotopic (exact) mass is 406 g/mol. The topological polar surface area (TPSA) is 82.2 Å². The number of benzene rings is 1. The summed E-state index contributed by atoms with van der Waals surface area (Å²) in [5.74, 6) is 0.0630. The number of rotatable bonds is 8. The molecule has 2 aromatic rings. The van der Waals surface area contributed by atoms with Gasteiger partial charge in [-0.1, -0.05) is 31.2 Å². The minimum atomic E-state index is -0.0619. The fourth-order valence-electron chi connectivity index (χ4n) is 3.67. The summed E-state index contributed by atoms with van der Waals surface area (Å²) in [6.07, 6.45) is 7.17. The van der Waals surface area contributed by atoms with E-state index < -0.39 is 0 Å². The van der Waals surface area contributed by atoms with E-state index in [9.17, 15) is 4.79 Å². The van der Waals surface area contributed by atoms with Crippen molar-refractivity contribution in [1.82, 2.24) is 15.1 Å². The molecular formula is C21H31ClN4O2. The predicted molar refractivity (Wildman–Crippen MR) is 112 cm³/mol. The zero-order valence-corrected chi connectivity index (χ0v) is 17.2. The maximum absolute atomic E-state index is 12.6. The number of nitrogens with zero attached hydrogens (tertiary/aromatic N) is 2. The molecule has 3 N–H and O–H groups in total. The zero-order valence-electron chi connectivity index (χ0n) is 16.4. The van der Waals surface area contributed by atoms with Crippen LogP contribution in [0.1, 0.15) is 43.7 Å². The van der Waals surface area contributed by atoms with Crippen LogP contribution in [0.25, 0.3) is 0 Å². The first kappa shape index (κ1) is 22.4. The molecule has 0 radical (unpaired) electrons. The fourth-order valence-corrected chi connectivity index (χ4v) is 3.67. The van der Waals surface area contributed by atoms with Gasteiger partial charge in [0.15, 0.2) is 0 Å². The summed E-state index contributed by atoms with van der Waals surface area (Å²) >= 11 is 0. The van der Waals surface area contributed by atoms with Crippen LogP contribution in [0.2, 0.25) is 0 Å². The quantitative estimate of drug-likeness (QED) is 0.706. The third-order valence-electron chi connectivity index (χ3n) is 5.20. The number of carbonyl (C=O) groups excluding carboxylic acids is 1. The van der Waals surface area contributed by atoms with E-state index in [-0.39, 0.29) is 36.4 Å². The van der Waals surface area contributed by atoms with Crippen molar-refractivity contribution in [2.45, 2.75) is 57.8 Å². The average Bonchev–Trinajstić information content (AvgIpc) is 3.19. The van der Waals surface area contributed by atoms with Gasteiger partial charge in [-0.25, -0.2) is 0 Å². The summed E-state index contributed by atoms with van der Waals surface area (Å²) in [6, 6.07) is 10.00. The van der Waals surface area contributed by atoms with Crippen LogP contribution < -0.4 is 11.1 Å². The highest BCUT2D eigenvalue weighted by atomic mass is 35.5. The Labute approximate surface area is 173 Å². The summed E-state index contributed by atoms with van der Waals surface area (Å²) in [4.78, 5) is 12.6. The van der Waals surface area contributed by atoms with E-state index in [0.717, 1.165) is 37.0 Å². The Morgan fingerprint density at radius 2 is 2.07 bits per heavy atom. The fraction of sp³-hybridized carbons (Fsp3) is 0.524. The Morgan fingerprint density at radius 1 is 1.29 bits per heavy atom. The highest BCUT2D eigenvalue weighted by Gasteiger charge is 2.32. The van der Waals surface area contributed by atoms with Gasteiger partial charge in [-0.05, 0) is 42.9 Å². The lowest BCUT2D eigenvalue weighted by Crippen LogP contribution is -2.46. The van der Waals surface area contributed by atoms with Crippen molar-refractivity contribution in [1.29, 1.82) is 0 Å². The van der Waals surface area contributed by atoms with E-state index in [4.69, 9.17) is 10.5 Å². The summed E-state index contributed by atoms with van der Waals surface area (Å²) in [7, 11) is 0. The van der Waals surface area contributed by atoms with Crippen molar-refractivity contribution < 1.29 is 9.53 Å². The van der Waals surface area contributed by atoms with E-state index >= 15 is 0 Å². The highest BCUT2D eigenvalue weighted by molar-refractivity contribution is 5.85. The maximum Gasteiger partial charge on any atom is 0.223 e. The van der Waals surface area contributed by atoms with Crippen LogP contribution in [0.15, 0.2) is 42.7 Å². The SMILES string of the molecule is CCCO[C@@H]1CC[C@H](C(=O)NCc2ccccc2Cn2cccn2)C[C@H]1N.Cl. The predicted octanol–water partition coefficient (Wildman–Crippen LogP) is 2.89. The third-order valence-corrected chi connectivity index (χ3v) is 5.20. The minimum Gasteiger partial charge on any atom is -0.377 e. The summed E-state index contributed by atoms with van der Waals surface area (Å²) < 4.78 is 7.69. The summed E-state index contributed by atoms with van der Waals surface area (Å²) in [5.41, 5.74) is 8.52. The molecule has 0 saturated heterocycles. The Balaban J connectivity index is 0.00000280. The van der Waals surface area contributed by atoms with Crippen molar-refractivity contribution in [3.63, 3.8) is 0 Å². The second kappa shape index (κ2) is 11.2. The molecule has 3 rings (SSSR count). The molecule has 0 unspecified atom stereocenters. The average molecular weight is 407 g/mol. The van der Waals surface area contributed by atoms with Crippen molar-refractivity contribution >= 4 is 18.3 Å². The molecule has 1 saturated carbocycles. The van der Waals surface area contributed by atoms with E-state index in [1.165, 1.54) is 0 Å². The molecular weight excluding hydrogens is 376 g/mol. The van der Waals surface area contributed by atoms with Crippen LogP contribution in [0.3, 0.4) is 0 Å². The Bertz CT molecular complexity index is 723. The standard InChI is InChI=1S/C21H30N4O2.ClH/c1-2-12-27-20-9-8-16(13-19(20)22)21(26)23-14-17-6-3-4-7-18(17)15-25-11-5-10-24-25;/h3-7,10-11,16,19-20H,2,8-9,12-15,22H2,1H3,(H,23,26);1H/t16-,19+,20+;/m0./s1. The van der Waals surface area contributed by atoms with Crippen LogP contribution in [-0.4, -0.2) is 34.4 Å². The van der Waals surface area contributed by atoms with Gasteiger partial charge in [-0.3, -0.25) is 9.48 Å². The molecule has 1 aromatic carbocycles. The normalized spacial score (nSPS) is 21.7. The van der Waals surface area contributed by atoms with Gasteiger partial charge < -0.3 is 15.8 Å². The van der Waals surface area contributed by atoms with Crippen molar-refractivity contribution in [2.24, 2.45) is 11.7 Å². The molecule has 28 heavy (non-hydrogen) atoms. The molecule has 0 aliphatic heterocycles. The Morgan fingerprint density at radius 3 is 2.75 bits per heavy atom. The number of nitrogens with two attached hydrogens (primary N) is 1. The van der Waals surface area contributed by atoms with Gasteiger partial charge in [0.05, 0.1) is 12.6 Å². The van der Waals surface area contributed by atoms with E-state index in [1.807, 2.05) is 29.1 Å². The first-order valence-corrected chi connectivity index (χ1v) is 9.86. The number of hydrogen-bond donors (Lipinski definition) is 2. The van der Waals surface area contributed by atoms with Crippen LogP contribution >= 0.6 is 12.4 Å². The van der Waals surface area contributed by atoms with Crippen LogP contribution in [0, 0.1) is 5.92 Å². The van der Waals surface area contributed by atoms with Crippen molar-refractivity contribution in [3.8, 4) is 0 Å². The van der Waals surface area contributed by atoms with Gasteiger partial charge >= 0.3 is 0 Å². The Hall–Kier alpha value is -1.89. The maximum atomic E-state index is 12.6. The molecule has 154 valence electrons. The first-order chi connectivity index (χ1) is 13.2. The second-order valence-corrected chi connectivity index (χ2v) is 7.27. The molecule has 3 atom stereocenters. The Kier molecular flexibility index (Phi) is 8.96. The van der Waals surface area contributed by atoms with Gasteiger partial charge in [0.1, 0.15) is 0 Å². The summed E-state index contributed by atoms with van der Waals surface area (Å²) in [6.45, 7) is 4.05. The number of halogens is 1. The van der Waals surface area contributed by atoms with Crippen molar-refractivity contribution in [2.75, 3.05) is 6.61 Å². The largest absolute Gasteiger partial charge is 0.377 e. The number of hydrogen-bond acceptors (Lipinski definition) is 4. The lowest BCUT2D eigenvalue weighted by Gasteiger charge is -2.33. The minimum absolute atomic E-state index is 0. The molecule has 1 aromatic heterocycles. The number of ether oxygens (including phenoxy) is 1. The third kappa shape index (κ3) is 6.06. The van der Waals surface area contributed by atoms with Gasteiger partial charge in [-0.15, -0.1) is 12.4 Å².